The minimum absolute atomic E-state index is 0.0672. The first-order chi connectivity index (χ1) is 11.5. The fraction of sp³-hybridized carbons (Fsp3) is 0.111. The van der Waals surface area contributed by atoms with Crippen LogP contribution in [-0.4, -0.2) is 23.9 Å². The van der Waals surface area contributed by atoms with Gasteiger partial charge < -0.3 is 9.47 Å². The van der Waals surface area contributed by atoms with Gasteiger partial charge in [0.15, 0.2) is 0 Å². The van der Waals surface area contributed by atoms with E-state index in [-0.39, 0.29) is 28.2 Å². The average Bonchev–Trinajstić information content (AvgIpc) is 2.88. The summed E-state index contributed by atoms with van der Waals surface area (Å²) < 4.78 is 9.12. The van der Waals surface area contributed by atoms with Gasteiger partial charge in [0.05, 0.1) is 22.3 Å². The van der Waals surface area contributed by atoms with Crippen molar-refractivity contribution in [3.05, 3.63) is 70.3 Å². The Hall–Kier alpha value is -3.28. The molecular formula is C18H10O6. The molecule has 0 atom stereocenters. The lowest BCUT2D eigenvalue weighted by Gasteiger charge is -2.08. The number of fused-ring (bicyclic) bond motifs is 1. The smallest absolute Gasteiger partial charge is 0.346 e. The summed E-state index contributed by atoms with van der Waals surface area (Å²) in [7, 11) is 0. The van der Waals surface area contributed by atoms with E-state index in [0.29, 0.717) is 6.42 Å². The highest BCUT2D eigenvalue weighted by Gasteiger charge is 2.31. The first-order valence-electron chi connectivity index (χ1n) is 7.29. The third-order valence-corrected chi connectivity index (χ3v) is 4.12. The minimum Gasteiger partial charge on any atom is -0.386 e. The first-order valence-corrected chi connectivity index (χ1v) is 7.29. The van der Waals surface area contributed by atoms with Crippen LogP contribution >= 0.6 is 0 Å². The van der Waals surface area contributed by atoms with Crippen LogP contribution in [0.5, 0.6) is 0 Å². The van der Waals surface area contributed by atoms with Crippen LogP contribution < -0.4 is 0 Å². The molecule has 24 heavy (non-hydrogen) atoms. The van der Waals surface area contributed by atoms with Gasteiger partial charge in [0.2, 0.25) is 0 Å². The normalized spacial score (nSPS) is 19.3. The first kappa shape index (κ1) is 14.3. The van der Waals surface area contributed by atoms with E-state index in [2.05, 4.69) is 9.47 Å². The molecule has 6 heteroatoms. The van der Waals surface area contributed by atoms with E-state index in [1.54, 1.807) is 42.5 Å². The predicted octanol–water partition coefficient (Wildman–Crippen LogP) is 1.66. The van der Waals surface area contributed by atoms with E-state index in [4.69, 9.17) is 0 Å². The van der Waals surface area contributed by atoms with E-state index in [1.807, 2.05) is 0 Å². The molecule has 3 aliphatic rings. The molecule has 0 saturated heterocycles. The number of carbonyl (C=O) groups is 4. The van der Waals surface area contributed by atoms with E-state index in [9.17, 15) is 19.2 Å². The van der Waals surface area contributed by atoms with Crippen molar-refractivity contribution in [3.63, 3.8) is 0 Å². The zero-order valence-corrected chi connectivity index (χ0v) is 12.3. The third-order valence-electron chi connectivity index (χ3n) is 4.12. The number of allylic oxidation sites excluding steroid dienone is 2. The van der Waals surface area contributed by atoms with Gasteiger partial charge in [0, 0.05) is 0 Å². The monoisotopic (exact) mass is 322 g/mol. The van der Waals surface area contributed by atoms with Gasteiger partial charge in [-0.1, -0.05) is 30.4 Å². The van der Waals surface area contributed by atoms with Gasteiger partial charge in [0.1, 0.15) is 0 Å². The van der Waals surface area contributed by atoms with Crippen molar-refractivity contribution >= 4 is 23.9 Å². The number of ether oxygens (including phenoxy) is 2. The number of hydrogen-bond acceptors (Lipinski definition) is 6. The second-order valence-electron chi connectivity index (χ2n) is 5.65. The van der Waals surface area contributed by atoms with Gasteiger partial charge in [-0.15, -0.1) is 0 Å². The Morgan fingerprint density at radius 3 is 2.00 bits per heavy atom. The summed E-state index contributed by atoms with van der Waals surface area (Å²) in [5.41, 5.74) is 1.88. The van der Waals surface area contributed by atoms with Crippen molar-refractivity contribution in [3.8, 4) is 0 Å². The lowest BCUT2D eigenvalue weighted by atomic mass is 9.96. The number of benzene rings is 1. The van der Waals surface area contributed by atoms with Crippen LogP contribution in [0.15, 0.2) is 53.6 Å². The molecule has 0 spiro atoms. The zero-order chi connectivity index (χ0) is 16.8. The molecule has 0 saturated carbocycles. The average molecular weight is 322 g/mol. The molecule has 0 bridgehead atoms. The Kier molecular flexibility index (Phi) is 3.06. The summed E-state index contributed by atoms with van der Waals surface area (Å²) in [6.07, 6.45) is 7.31. The van der Waals surface area contributed by atoms with E-state index >= 15 is 0 Å². The number of cyclic esters (lactones) is 4. The maximum Gasteiger partial charge on any atom is 0.346 e. The molecule has 1 aromatic rings. The van der Waals surface area contributed by atoms with Crippen molar-refractivity contribution in [1.82, 2.24) is 0 Å². The fourth-order valence-electron chi connectivity index (χ4n) is 2.90. The Labute approximate surface area is 136 Å². The second-order valence-corrected chi connectivity index (χ2v) is 5.65. The lowest BCUT2D eigenvalue weighted by Crippen LogP contribution is -2.04. The van der Waals surface area contributed by atoms with Crippen LogP contribution in [0.2, 0.25) is 0 Å². The number of hydrogen-bond donors (Lipinski definition) is 0. The fourth-order valence-corrected chi connectivity index (χ4v) is 2.90. The molecule has 118 valence electrons. The van der Waals surface area contributed by atoms with Crippen LogP contribution in [0.1, 0.15) is 26.3 Å². The molecule has 1 aliphatic carbocycles. The van der Waals surface area contributed by atoms with E-state index < -0.39 is 23.9 Å². The molecule has 2 heterocycles. The summed E-state index contributed by atoms with van der Waals surface area (Å²) in [4.78, 5) is 46.2. The molecule has 0 aromatic heterocycles. The largest absolute Gasteiger partial charge is 0.386 e. The second kappa shape index (κ2) is 5.13. The van der Waals surface area contributed by atoms with Crippen LogP contribution in [-0.2, 0) is 25.5 Å². The molecule has 6 nitrogen and oxygen atoms in total. The Bertz CT molecular complexity index is 881. The van der Waals surface area contributed by atoms with E-state index in [0.717, 1.165) is 5.56 Å². The van der Waals surface area contributed by atoms with E-state index in [1.165, 1.54) is 0 Å². The molecule has 0 N–H and O–H groups in total. The van der Waals surface area contributed by atoms with Gasteiger partial charge in [-0.25, -0.2) is 19.2 Å². The maximum absolute atomic E-state index is 11.6. The highest BCUT2D eigenvalue weighted by molar-refractivity contribution is 6.16. The van der Waals surface area contributed by atoms with Gasteiger partial charge >= 0.3 is 23.9 Å². The van der Waals surface area contributed by atoms with Crippen molar-refractivity contribution in [2.75, 3.05) is 0 Å². The minimum atomic E-state index is -0.643. The standard InChI is InChI=1S/C18H10O6/c19-15-11-4-1-9(2-5-12(11)16(20)23-15)7-10-3-6-13-14(8-10)18(22)24-17(13)21/h1-6,8-9H,7H2. The van der Waals surface area contributed by atoms with Gasteiger partial charge in [-0.3, -0.25) is 0 Å². The Morgan fingerprint density at radius 1 is 0.750 bits per heavy atom. The third kappa shape index (κ3) is 2.20. The number of rotatable bonds is 2. The summed E-state index contributed by atoms with van der Waals surface area (Å²) in [5.74, 6) is -2.63. The molecule has 0 unspecified atom stereocenters. The summed E-state index contributed by atoms with van der Waals surface area (Å²) in [6.45, 7) is 0. The highest BCUT2D eigenvalue weighted by atomic mass is 16.6. The van der Waals surface area contributed by atoms with Crippen LogP contribution in [0, 0.1) is 5.92 Å². The van der Waals surface area contributed by atoms with Gasteiger partial charge in [-0.05, 0) is 30.0 Å². The molecule has 0 amide bonds. The number of carbonyl (C=O) groups excluding carboxylic acids is 4. The van der Waals surface area contributed by atoms with Crippen LogP contribution in [0.4, 0.5) is 0 Å². The summed E-state index contributed by atoms with van der Waals surface area (Å²) in [5, 5.41) is 0. The van der Waals surface area contributed by atoms with Crippen LogP contribution in [0.25, 0.3) is 0 Å². The van der Waals surface area contributed by atoms with Gasteiger partial charge in [-0.2, -0.15) is 0 Å². The maximum atomic E-state index is 11.6. The predicted molar refractivity (Wildman–Crippen MR) is 79.8 cm³/mol. The summed E-state index contributed by atoms with van der Waals surface area (Å²) in [6, 6.07) is 4.96. The molecule has 4 rings (SSSR count). The molecule has 1 aromatic carbocycles. The van der Waals surface area contributed by atoms with Gasteiger partial charge in [0.25, 0.3) is 0 Å². The Balaban J connectivity index is 1.58. The highest BCUT2D eigenvalue weighted by Crippen LogP contribution is 2.27. The van der Waals surface area contributed by atoms with Crippen molar-refractivity contribution < 1.29 is 28.7 Å². The van der Waals surface area contributed by atoms with Crippen molar-refractivity contribution in [1.29, 1.82) is 0 Å². The zero-order valence-electron chi connectivity index (χ0n) is 12.3. The van der Waals surface area contributed by atoms with Crippen molar-refractivity contribution in [2.45, 2.75) is 6.42 Å². The molecular weight excluding hydrogens is 312 g/mol. The molecule has 0 fully saturated rings. The number of esters is 4. The topological polar surface area (TPSA) is 86.7 Å². The van der Waals surface area contributed by atoms with Crippen LogP contribution in [0.3, 0.4) is 0 Å². The molecule has 2 aliphatic heterocycles. The SMILES string of the molecule is O=C1OC(=O)C2=C1C=CC(Cc1ccc3c(c1)C(=O)OC3=O)C=C2. The quantitative estimate of drug-likeness (QED) is 0.608. The Morgan fingerprint density at radius 2 is 1.33 bits per heavy atom. The van der Waals surface area contributed by atoms with Crippen molar-refractivity contribution in [2.24, 2.45) is 5.92 Å². The lowest BCUT2D eigenvalue weighted by molar-refractivity contribution is -0.150. The molecule has 0 radical (unpaired) electrons. The summed E-state index contributed by atoms with van der Waals surface area (Å²) >= 11 is 0.